The van der Waals surface area contributed by atoms with Crippen LogP contribution in [0.3, 0.4) is 0 Å². The molecule has 0 unspecified atom stereocenters. The second-order valence-corrected chi connectivity index (χ2v) is 4.92. The third-order valence-corrected chi connectivity index (χ3v) is 3.65. The van der Waals surface area contributed by atoms with Crippen LogP contribution in [-0.4, -0.2) is 32.5 Å². The Balaban J connectivity index is 1.83. The molecule has 0 saturated carbocycles. The van der Waals surface area contributed by atoms with Crippen LogP contribution in [0.5, 0.6) is 0 Å². The number of nitrogens with two attached hydrogens (primary N) is 1. The van der Waals surface area contributed by atoms with E-state index in [0.29, 0.717) is 13.1 Å². The molecule has 1 aliphatic rings. The van der Waals surface area contributed by atoms with E-state index < -0.39 is 0 Å². The van der Waals surface area contributed by atoms with Crippen molar-refractivity contribution in [1.29, 1.82) is 0 Å². The predicted octanol–water partition coefficient (Wildman–Crippen LogP) is 1.15. The van der Waals surface area contributed by atoms with E-state index in [1.54, 1.807) is 4.90 Å². The number of aromatic nitrogens is 3. The van der Waals surface area contributed by atoms with Crippen LogP contribution in [0.4, 0.5) is 5.69 Å². The molecule has 1 aromatic carbocycles. The number of amides is 1. The van der Waals surface area contributed by atoms with Crippen molar-refractivity contribution >= 4 is 11.6 Å². The summed E-state index contributed by atoms with van der Waals surface area (Å²) in [4.78, 5) is 18.3. The minimum atomic E-state index is -0.144. The number of aryl methyl sites for hydroxylation is 1. The first-order valence-electron chi connectivity index (χ1n) is 6.76. The largest absolute Gasteiger partial charge is 0.398 e. The molecule has 1 aliphatic heterocycles. The van der Waals surface area contributed by atoms with E-state index in [2.05, 4.69) is 21.2 Å². The van der Waals surface area contributed by atoms with Gasteiger partial charge in [-0.05, 0) is 23.6 Å². The summed E-state index contributed by atoms with van der Waals surface area (Å²) in [7, 11) is 0. The summed E-state index contributed by atoms with van der Waals surface area (Å²) in [6, 6.07) is 5.89. The number of H-pyrrole nitrogens is 1. The average molecular weight is 271 g/mol. The predicted molar refractivity (Wildman–Crippen MR) is 75.1 cm³/mol. The van der Waals surface area contributed by atoms with E-state index in [0.717, 1.165) is 29.9 Å². The Morgan fingerprint density at radius 2 is 2.35 bits per heavy atom. The molecule has 6 heteroatoms. The molecule has 3 rings (SSSR count). The maximum atomic E-state index is 12.4. The van der Waals surface area contributed by atoms with Gasteiger partial charge >= 0.3 is 0 Å². The molecule has 2 heterocycles. The first-order valence-corrected chi connectivity index (χ1v) is 6.76. The van der Waals surface area contributed by atoms with Gasteiger partial charge in [-0.3, -0.25) is 9.89 Å². The molecule has 0 fully saturated rings. The fourth-order valence-electron chi connectivity index (χ4n) is 2.47. The van der Waals surface area contributed by atoms with E-state index in [1.165, 1.54) is 5.56 Å². The number of nitrogens with one attached hydrogen (secondary N) is 1. The highest BCUT2D eigenvalue weighted by Crippen LogP contribution is 2.24. The highest BCUT2D eigenvalue weighted by Gasteiger charge is 2.25. The van der Waals surface area contributed by atoms with Crippen molar-refractivity contribution in [2.45, 2.75) is 26.3 Å². The fraction of sp³-hybridized carbons (Fsp3) is 0.357. The Bertz CT molecular complexity index is 649. The van der Waals surface area contributed by atoms with Gasteiger partial charge in [0.25, 0.3) is 5.91 Å². The van der Waals surface area contributed by atoms with E-state index in [1.807, 2.05) is 19.1 Å². The van der Waals surface area contributed by atoms with Crippen molar-refractivity contribution in [1.82, 2.24) is 20.1 Å². The van der Waals surface area contributed by atoms with Crippen molar-refractivity contribution in [2.75, 3.05) is 12.3 Å². The number of carbonyl (C=O) groups is 1. The zero-order chi connectivity index (χ0) is 14.1. The van der Waals surface area contributed by atoms with Crippen molar-refractivity contribution in [3.8, 4) is 0 Å². The topological polar surface area (TPSA) is 87.9 Å². The van der Waals surface area contributed by atoms with Gasteiger partial charge in [0, 0.05) is 25.2 Å². The summed E-state index contributed by atoms with van der Waals surface area (Å²) < 4.78 is 0. The lowest BCUT2D eigenvalue weighted by Crippen LogP contribution is -2.37. The number of hydrogen-bond donors (Lipinski definition) is 2. The molecule has 1 aromatic heterocycles. The van der Waals surface area contributed by atoms with Crippen LogP contribution in [0, 0.1) is 0 Å². The smallest absolute Gasteiger partial charge is 0.293 e. The Hall–Kier alpha value is -2.37. The number of fused-ring (bicyclic) bond motifs is 1. The molecule has 0 aliphatic carbocycles. The monoisotopic (exact) mass is 271 g/mol. The van der Waals surface area contributed by atoms with Gasteiger partial charge in [0.1, 0.15) is 5.82 Å². The molecule has 0 saturated heterocycles. The summed E-state index contributed by atoms with van der Waals surface area (Å²) in [5.74, 6) is 0.819. The summed E-state index contributed by atoms with van der Waals surface area (Å²) in [6.45, 7) is 3.16. The molecule has 3 N–H and O–H groups in total. The minimum absolute atomic E-state index is 0.144. The van der Waals surface area contributed by atoms with Crippen LogP contribution < -0.4 is 5.73 Å². The zero-order valence-corrected chi connectivity index (χ0v) is 11.4. The Morgan fingerprint density at radius 1 is 1.50 bits per heavy atom. The lowest BCUT2D eigenvalue weighted by molar-refractivity contribution is 0.0723. The van der Waals surface area contributed by atoms with E-state index in [-0.39, 0.29) is 11.7 Å². The molecular formula is C14H17N5O. The number of anilines is 1. The van der Waals surface area contributed by atoms with Gasteiger partial charge in [0.2, 0.25) is 5.82 Å². The van der Waals surface area contributed by atoms with Gasteiger partial charge in [-0.2, -0.15) is 0 Å². The van der Waals surface area contributed by atoms with Crippen molar-refractivity contribution in [3.05, 3.63) is 41.0 Å². The van der Waals surface area contributed by atoms with Crippen molar-refractivity contribution in [3.63, 3.8) is 0 Å². The average Bonchev–Trinajstić information content (AvgIpc) is 2.95. The lowest BCUT2D eigenvalue weighted by atomic mass is 9.98. The van der Waals surface area contributed by atoms with E-state index >= 15 is 0 Å². The molecule has 0 radical (unpaired) electrons. The number of nitrogens with zero attached hydrogens (tertiary/aromatic N) is 3. The molecular weight excluding hydrogens is 254 g/mol. The van der Waals surface area contributed by atoms with Crippen molar-refractivity contribution in [2.24, 2.45) is 0 Å². The zero-order valence-electron chi connectivity index (χ0n) is 11.4. The second-order valence-electron chi connectivity index (χ2n) is 4.92. The highest BCUT2D eigenvalue weighted by atomic mass is 16.2. The van der Waals surface area contributed by atoms with Crippen LogP contribution in [0.1, 0.15) is 34.5 Å². The molecule has 2 aromatic rings. The van der Waals surface area contributed by atoms with Crippen LogP contribution in [-0.2, 0) is 19.4 Å². The Kier molecular flexibility index (Phi) is 3.14. The standard InChI is InChI=1S/C14H17N5O/c1-2-12-16-13(18-17-12)14(20)19-7-6-9-4-3-5-11(15)10(9)8-19/h3-5H,2,6-8,15H2,1H3,(H,16,17,18). The molecule has 0 spiro atoms. The normalized spacial score (nSPS) is 14.2. The second kappa shape index (κ2) is 4.96. The number of nitrogen functional groups attached to an aromatic ring is 1. The van der Waals surface area contributed by atoms with Gasteiger partial charge in [0.05, 0.1) is 0 Å². The lowest BCUT2D eigenvalue weighted by Gasteiger charge is -2.28. The van der Waals surface area contributed by atoms with Crippen LogP contribution >= 0.6 is 0 Å². The molecule has 1 amide bonds. The third-order valence-electron chi connectivity index (χ3n) is 3.65. The van der Waals surface area contributed by atoms with Crippen LogP contribution in [0.2, 0.25) is 0 Å². The summed E-state index contributed by atoms with van der Waals surface area (Å²) in [6.07, 6.45) is 1.55. The van der Waals surface area contributed by atoms with E-state index in [9.17, 15) is 4.79 Å². The molecule has 104 valence electrons. The first kappa shape index (κ1) is 12.7. The van der Waals surface area contributed by atoms with E-state index in [4.69, 9.17) is 5.73 Å². The maximum absolute atomic E-state index is 12.4. The number of aromatic amines is 1. The van der Waals surface area contributed by atoms with Crippen LogP contribution in [0.25, 0.3) is 0 Å². The minimum Gasteiger partial charge on any atom is -0.398 e. The van der Waals surface area contributed by atoms with Gasteiger partial charge < -0.3 is 10.6 Å². The summed E-state index contributed by atoms with van der Waals surface area (Å²) >= 11 is 0. The molecule has 6 nitrogen and oxygen atoms in total. The maximum Gasteiger partial charge on any atom is 0.293 e. The molecule has 0 bridgehead atoms. The highest BCUT2D eigenvalue weighted by molar-refractivity contribution is 5.90. The number of rotatable bonds is 2. The SMILES string of the molecule is CCc1nc(C(=O)N2CCc3cccc(N)c3C2)n[nH]1. The van der Waals surface area contributed by atoms with Gasteiger partial charge in [-0.15, -0.1) is 5.10 Å². The van der Waals surface area contributed by atoms with Gasteiger partial charge in [-0.1, -0.05) is 19.1 Å². The number of carbonyl (C=O) groups excluding carboxylic acids is 1. The number of hydrogen-bond acceptors (Lipinski definition) is 4. The molecule has 20 heavy (non-hydrogen) atoms. The summed E-state index contributed by atoms with van der Waals surface area (Å²) in [5, 5.41) is 6.75. The Labute approximate surface area is 117 Å². The Morgan fingerprint density at radius 3 is 3.10 bits per heavy atom. The van der Waals surface area contributed by atoms with Crippen LogP contribution in [0.15, 0.2) is 18.2 Å². The van der Waals surface area contributed by atoms with Crippen molar-refractivity contribution < 1.29 is 4.79 Å². The number of benzene rings is 1. The quantitative estimate of drug-likeness (QED) is 0.802. The molecule has 0 atom stereocenters. The van der Waals surface area contributed by atoms with Gasteiger partial charge in [0.15, 0.2) is 0 Å². The van der Waals surface area contributed by atoms with Gasteiger partial charge in [-0.25, -0.2) is 4.98 Å². The fourth-order valence-corrected chi connectivity index (χ4v) is 2.47. The first-order chi connectivity index (χ1) is 9.69. The summed E-state index contributed by atoms with van der Waals surface area (Å²) in [5.41, 5.74) is 8.99. The third kappa shape index (κ3) is 2.13.